The molecule has 1 fully saturated rings. The van der Waals surface area contributed by atoms with Crippen LogP contribution in [0.5, 0.6) is 5.88 Å². The van der Waals surface area contributed by atoms with Gasteiger partial charge in [0.25, 0.3) is 0 Å². The smallest absolute Gasteiger partial charge is 0.228 e. The maximum Gasteiger partial charge on any atom is 0.228 e. The largest absolute Gasteiger partial charge is 0.474 e. The lowest BCUT2D eigenvalue weighted by atomic mass is 10.1. The lowest BCUT2D eigenvalue weighted by Crippen LogP contribution is -2.39. The minimum absolute atomic E-state index is 0.0596. The van der Waals surface area contributed by atoms with Crippen LogP contribution in [-0.2, 0) is 0 Å². The van der Waals surface area contributed by atoms with Gasteiger partial charge in [-0.2, -0.15) is 4.98 Å². The molecule has 1 aromatic heterocycles. The Morgan fingerprint density at radius 1 is 1.25 bits per heavy atom. The average molecular weight is 531 g/mol. The number of rotatable bonds is 9. The van der Waals surface area contributed by atoms with E-state index in [4.69, 9.17) is 32.6 Å². The molecule has 36 heavy (non-hydrogen) atoms. The molecule has 0 amide bonds. The molecule has 0 atom stereocenters. The molecule has 2 heterocycles. The number of nitrogen functional groups attached to an aromatic ring is 1. The Labute approximate surface area is 218 Å². The zero-order valence-electron chi connectivity index (χ0n) is 19.8. The molecule has 5 N–H and O–H groups in total. The first-order valence-electron chi connectivity index (χ1n) is 11.5. The highest BCUT2D eigenvalue weighted by atomic mass is 35.5. The molecule has 0 unspecified atom stereocenters. The van der Waals surface area contributed by atoms with Crippen molar-refractivity contribution in [2.75, 3.05) is 36.7 Å². The fraction of sp³-hybridized carbons (Fsp3) is 0.320. The number of aromatic nitrogens is 2. The third-order valence-electron chi connectivity index (χ3n) is 5.82. The Morgan fingerprint density at radius 2 is 1.97 bits per heavy atom. The Morgan fingerprint density at radius 3 is 2.64 bits per heavy atom. The predicted molar refractivity (Wildman–Crippen MR) is 142 cm³/mol. The summed E-state index contributed by atoms with van der Waals surface area (Å²) in [7, 11) is 0. The number of piperidine rings is 1. The Kier molecular flexibility index (Phi) is 8.63. The van der Waals surface area contributed by atoms with Gasteiger partial charge in [-0.05, 0) is 74.2 Å². The predicted octanol–water partition coefficient (Wildman–Crippen LogP) is 4.86. The molecule has 4 rings (SSSR count). The van der Waals surface area contributed by atoms with Crippen molar-refractivity contribution in [3.05, 3.63) is 58.9 Å². The van der Waals surface area contributed by atoms with E-state index in [2.05, 4.69) is 19.6 Å². The lowest BCUT2D eigenvalue weighted by Gasteiger charge is -2.31. The van der Waals surface area contributed by atoms with E-state index in [1.54, 1.807) is 13.0 Å². The van der Waals surface area contributed by atoms with Gasteiger partial charge in [-0.1, -0.05) is 11.6 Å². The summed E-state index contributed by atoms with van der Waals surface area (Å²) in [5.74, 6) is 0.532. The van der Waals surface area contributed by atoms with Gasteiger partial charge in [0.05, 0.1) is 17.1 Å². The number of nitrogens with two attached hydrogens (primary N) is 1. The third kappa shape index (κ3) is 6.44. The topological polar surface area (TPSA) is 120 Å². The lowest BCUT2D eigenvalue weighted by molar-refractivity contribution is 0.0857. The summed E-state index contributed by atoms with van der Waals surface area (Å²) in [6, 6.07) is 11.7. The van der Waals surface area contributed by atoms with E-state index >= 15 is 0 Å². The van der Waals surface area contributed by atoms with Gasteiger partial charge in [-0.15, -0.1) is 0 Å². The fourth-order valence-electron chi connectivity index (χ4n) is 3.93. The molecule has 0 radical (unpaired) electrons. The molecule has 190 valence electrons. The van der Waals surface area contributed by atoms with E-state index < -0.39 is 0 Å². The van der Waals surface area contributed by atoms with Crippen molar-refractivity contribution in [2.24, 2.45) is 0 Å². The van der Waals surface area contributed by atoms with Crippen molar-refractivity contribution in [3.63, 3.8) is 0 Å². The van der Waals surface area contributed by atoms with Crippen molar-refractivity contribution in [1.82, 2.24) is 14.9 Å². The molecule has 0 saturated carbocycles. The van der Waals surface area contributed by atoms with Crippen LogP contribution in [0, 0.1) is 11.2 Å². The van der Waals surface area contributed by atoms with Gasteiger partial charge in [0.15, 0.2) is 5.82 Å². The maximum atomic E-state index is 14.0. The Bertz CT molecular complexity index is 1220. The van der Waals surface area contributed by atoms with Gasteiger partial charge in [-0.3, -0.25) is 0 Å². The number of halogens is 2. The number of nitrogens with zero attached hydrogens (tertiary/aromatic N) is 3. The van der Waals surface area contributed by atoms with E-state index in [1.165, 1.54) is 12.1 Å². The average Bonchev–Trinajstić information content (AvgIpc) is 2.86. The van der Waals surface area contributed by atoms with Gasteiger partial charge in [0, 0.05) is 41.6 Å². The maximum absolute atomic E-state index is 14.0. The number of benzene rings is 2. The van der Waals surface area contributed by atoms with Crippen molar-refractivity contribution in [1.29, 1.82) is 5.41 Å². The first kappa shape index (κ1) is 26.2. The van der Waals surface area contributed by atoms with E-state index in [-0.39, 0.29) is 30.1 Å². The van der Waals surface area contributed by atoms with E-state index in [9.17, 15) is 4.39 Å². The third-order valence-corrected chi connectivity index (χ3v) is 6.93. The van der Waals surface area contributed by atoms with E-state index in [1.807, 2.05) is 24.3 Å². The van der Waals surface area contributed by atoms with Gasteiger partial charge in [0.1, 0.15) is 17.7 Å². The van der Waals surface area contributed by atoms with Crippen LogP contribution in [0.2, 0.25) is 5.02 Å². The van der Waals surface area contributed by atoms with Crippen molar-refractivity contribution in [3.8, 4) is 17.3 Å². The molecular formula is C25H28ClFN6O2S. The minimum atomic E-state index is -0.356. The molecular weight excluding hydrogens is 503 g/mol. The van der Waals surface area contributed by atoms with Crippen LogP contribution < -0.4 is 15.2 Å². The van der Waals surface area contributed by atoms with Crippen LogP contribution in [0.3, 0.4) is 0 Å². The summed E-state index contributed by atoms with van der Waals surface area (Å²) in [5, 5.41) is 17.8. The molecule has 1 aliphatic rings. The molecule has 0 spiro atoms. The summed E-state index contributed by atoms with van der Waals surface area (Å²) in [4.78, 5) is 11.6. The van der Waals surface area contributed by atoms with Gasteiger partial charge >= 0.3 is 0 Å². The van der Waals surface area contributed by atoms with Crippen LogP contribution >= 0.6 is 23.5 Å². The molecule has 1 aliphatic heterocycles. The number of nitrogens with one attached hydrogen (secondary N) is 2. The van der Waals surface area contributed by atoms with Gasteiger partial charge in [0.2, 0.25) is 5.88 Å². The number of aliphatic hydroxyl groups excluding tert-OH is 1. The summed E-state index contributed by atoms with van der Waals surface area (Å²) in [6.07, 6.45) is 1.53. The summed E-state index contributed by atoms with van der Waals surface area (Å²) in [5.41, 5.74) is 8.34. The summed E-state index contributed by atoms with van der Waals surface area (Å²) >= 11 is 7.08. The highest BCUT2D eigenvalue weighted by Gasteiger charge is 2.24. The van der Waals surface area contributed by atoms with Crippen LogP contribution in [-0.4, -0.2) is 58.0 Å². The first-order chi connectivity index (χ1) is 17.3. The number of β-amino-alcohol motifs (C(OH)–C–C–N with tert-alkyl or cyclic N) is 1. The summed E-state index contributed by atoms with van der Waals surface area (Å²) < 4.78 is 23.3. The summed E-state index contributed by atoms with van der Waals surface area (Å²) in [6.45, 7) is 4.07. The highest BCUT2D eigenvalue weighted by molar-refractivity contribution is 8.00. The SMILES string of the molecule is CC(=N)c1c(N)nc(-c2ccc(NSc3cc(Cl)ccc3F)cc2)nc1OC1CCN(CCO)CC1. The minimum Gasteiger partial charge on any atom is -0.474 e. The zero-order valence-corrected chi connectivity index (χ0v) is 21.4. The zero-order chi connectivity index (χ0) is 25.7. The molecule has 2 aromatic carbocycles. The van der Waals surface area contributed by atoms with Crippen molar-refractivity contribution in [2.45, 2.75) is 30.8 Å². The monoisotopic (exact) mass is 530 g/mol. The molecule has 11 heteroatoms. The Balaban J connectivity index is 1.50. The Hall–Kier alpha value is -2.92. The second-order valence-electron chi connectivity index (χ2n) is 8.48. The molecule has 1 saturated heterocycles. The standard InChI is InChI=1S/C25H28ClFN6O2S/c1-15(28)22-23(29)30-24(31-25(22)35-19-8-10-33(11-9-19)12-13-34)16-2-5-18(6-3-16)32-36-21-14-17(26)4-7-20(21)27/h2-7,14,19,28,32,34H,8-13H2,1H3,(H2,29,30,31). The number of likely N-dealkylation sites (tertiary alicyclic amines) is 1. The van der Waals surface area contributed by atoms with Gasteiger partial charge in [-0.25, -0.2) is 9.37 Å². The number of ether oxygens (including phenoxy) is 1. The van der Waals surface area contributed by atoms with E-state index in [0.717, 1.165) is 49.1 Å². The molecule has 0 aliphatic carbocycles. The van der Waals surface area contributed by atoms with Gasteiger partial charge < -0.3 is 30.6 Å². The first-order valence-corrected chi connectivity index (χ1v) is 12.7. The van der Waals surface area contributed by atoms with E-state index in [0.29, 0.717) is 33.7 Å². The number of anilines is 2. The number of hydrogen-bond acceptors (Lipinski definition) is 9. The fourth-order valence-corrected chi connectivity index (χ4v) is 4.88. The van der Waals surface area contributed by atoms with Crippen LogP contribution in [0.1, 0.15) is 25.3 Å². The number of aliphatic hydroxyl groups is 1. The number of hydrogen-bond donors (Lipinski definition) is 4. The molecule has 0 bridgehead atoms. The normalized spacial score (nSPS) is 14.6. The van der Waals surface area contributed by atoms with Crippen LogP contribution in [0.4, 0.5) is 15.9 Å². The van der Waals surface area contributed by atoms with Crippen molar-refractivity contribution >= 4 is 40.8 Å². The quantitative estimate of drug-likeness (QED) is 0.229. The highest BCUT2D eigenvalue weighted by Crippen LogP contribution is 2.31. The van der Waals surface area contributed by atoms with Crippen LogP contribution in [0.15, 0.2) is 47.4 Å². The second-order valence-corrected chi connectivity index (χ2v) is 9.76. The molecule has 8 nitrogen and oxygen atoms in total. The second kappa shape index (κ2) is 11.9. The molecule has 3 aromatic rings. The van der Waals surface area contributed by atoms with Crippen molar-refractivity contribution < 1.29 is 14.2 Å². The van der Waals surface area contributed by atoms with Crippen LogP contribution in [0.25, 0.3) is 11.4 Å².